The van der Waals surface area contributed by atoms with E-state index in [2.05, 4.69) is 43.9 Å². The number of benzene rings is 1. The molecule has 2 aromatic rings. The van der Waals surface area contributed by atoms with Gasteiger partial charge in [-0.25, -0.2) is 0 Å². The molecule has 4 rings (SSSR count). The van der Waals surface area contributed by atoms with E-state index >= 15 is 0 Å². The van der Waals surface area contributed by atoms with Gasteiger partial charge < -0.3 is 14.2 Å². The first kappa shape index (κ1) is 17.2. The number of amides is 1. The Bertz CT molecular complexity index is 758. The van der Waals surface area contributed by atoms with E-state index in [0.717, 1.165) is 50.3 Å². The summed E-state index contributed by atoms with van der Waals surface area (Å²) >= 11 is 0. The van der Waals surface area contributed by atoms with E-state index in [-0.39, 0.29) is 12.1 Å². The molecule has 2 aliphatic heterocycles. The first-order valence-electron chi connectivity index (χ1n) is 9.51. The Kier molecular flexibility index (Phi) is 5.02. The van der Waals surface area contributed by atoms with Crippen LogP contribution < -0.4 is 0 Å². The van der Waals surface area contributed by atoms with Crippen molar-refractivity contribution in [2.24, 2.45) is 0 Å². The third kappa shape index (κ3) is 3.38. The lowest BCUT2D eigenvalue weighted by Crippen LogP contribution is -2.42. The van der Waals surface area contributed by atoms with E-state index in [1.54, 1.807) is 7.11 Å². The first-order chi connectivity index (χ1) is 12.8. The fraction of sp³-hybridized carbons (Fsp3) is 0.550. The highest BCUT2D eigenvalue weighted by molar-refractivity contribution is 5.77. The van der Waals surface area contributed by atoms with E-state index < -0.39 is 0 Å². The van der Waals surface area contributed by atoms with Gasteiger partial charge in [0.05, 0.1) is 6.04 Å². The summed E-state index contributed by atoms with van der Waals surface area (Å²) < 4.78 is 7.40. The third-order valence-corrected chi connectivity index (χ3v) is 5.60. The maximum atomic E-state index is 12.9. The molecular weight excluding hydrogens is 328 g/mol. The summed E-state index contributed by atoms with van der Waals surface area (Å²) in [5, 5.41) is 8.61. The number of hydrogen-bond donors (Lipinski definition) is 0. The number of aryl methyl sites for hydroxylation is 1. The van der Waals surface area contributed by atoms with Crippen molar-refractivity contribution in [1.82, 2.24) is 19.7 Å². The van der Waals surface area contributed by atoms with Crippen LogP contribution in [0.15, 0.2) is 30.3 Å². The highest BCUT2D eigenvalue weighted by Crippen LogP contribution is 2.32. The van der Waals surface area contributed by atoms with Gasteiger partial charge in [-0.2, -0.15) is 0 Å². The summed E-state index contributed by atoms with van der Waals surface area (Å²) in [4.78, 5) is 15.1. The van der Waals surface area contributed by atoms with E-state index in [9.17, 15) is 4.79 Å². The van der Waals surface area contributed by atoms with Crippen molar-refractivity contribution in [3.63, 3.8) is 0 Å². The van der Waals surface area contributed by atoms with Gasteiger partial charge in [-0.1, -0.05) is 30.3 Å². The zero-order valence-electron chi connectivity index (χ0n) is 15.3. The lowest BCUT2D eigenvalue weighted by atomic mass is 10.1. The predicted octanol–water partition coefficient (Wildman–Crippen LogP) is 2.36. The van der Waals surface area contributed by atoms with Crippen molar-refractivity contribution in [3.05, 3.63) is 47.5 Å². The average Bonchev–Trinajstić information content (AvgIpc) is 3.15. The zero-order chi connectivity index (χ0) is 17.9. The second-order valence-electron chi connectivity index (χ2n) is 7.31. The van der Waals surface area contributed by atoms with Crippen molar-refractivity contribution in [2.45, 2.75) is 63.8 Å². The summed E-state index contributed by atoms with van der Waals surface area (Å²) in [6.45, 7) is 1.26. The van der Waals surface area contributed by atoms with Crippen molar-refractivity contribution >= 4 is 5.91 Å². The molecule has 2 unspecified atom stereocenters. The summed E-state index contributed by atoms with van der Waals surface area (Å²) in [6, 6.07) is 10.9. The molecule has 0 saturated carbocycles. The van der Waals surface area contributed by atoms with Gasteiger partial charge in [-0.15, -0.1) is 10.2 Å². The van der Waals surface area contributed by atoms with Crippen LogP contribution in [0.4, 0.5) is 0 Å². The molecule has 138 valence electrons. The van der Waals surface area contributed by atoms with Crippen molar-refractivity contribution in [2.75, 3.05) is 7.11 Å². The number of rotatable bonds is 6. The normalized spacial score (nSPS) is 21.5. The second kappa shape index (κ2) is 7.58. The number of hydrogen-bond acceptors (Lipinski definition) is 4. The van der Waals surface area contributed by atoms with Gasteiger partial charge in [0.2, 0.25) is 5.91 Å². The largest absolute Gasteiger partial charge is 0.377 e. The highest BCUT2D eigenvalue weighted by atomic mass is 16.5. The Labute approximate surface area is 154 Å². The first-order valence-corrected chi connectivity index (χ1v) is 9.51. The molecule has 1 fully saturated rings. The fourth-order valence-electron chi connectivity index (χ4n) is 4.36. The smallest absolute Gasteiger partial charge is 0.223 e. The predicted molar refractivity (Wildman–Crippen MR) is 97.5 cm³/mol. The number of carbonyl (C=O) groups is 1. The monoisotopic (exact) mass is 354 g/mol. The maximum absolute atomic E-state index is 12.9. The van der Waals surface area contributed by atoms with Crippen LogP contribution in [0, 0.1) is 0 Å². The topological polar surface area (TPSA) is 60.3 Å². The number of aromatic nitrogens is 3. The summed E-state index contributed by atoms with van der Waals surface area (Å²) in [5.74, 6) is 2.15. The molecule has 2 aliphatic rings. The molecule has 6 nitrogen and oxygen atoms in total. The Hall–Kier alpha value is -2.21. The van der Waals surface area contributed by atoms with Gasteiger partial charge in [0.1, 0.15) is 12.4 Å². The number of methoxy groups -OCH3 is 1. The summed E-state index contributed by atoms with van der Waals surface area (Å²) in [6.07, 6.45) is 5.42. The molecule has 26 heavy (non-hydrogen) atoms. The number of fused-ring (bicyclic) bond motifs is 3. The molecule has 0 aliphatic carbocycles. The van der Waals surface area contributed by atoms with Gasteiger partial charge in [-0.3, -0.25) is 4.79 Å². The molecule has 0 spiro atoms. The van der Waals surface area contributed by atoms with Crippen LogP contribution in [0.3, 0.4) is 0 Å². The lowest BCUT2D eigenvalue weighted by Gasteiger charge is -2.28. The molecule has 1 aromatic carbocycles. The van der Waals surface area contributed by atoms with Gasteiger partial charge in [0.25, 0.3) is 0 Å². The molecular formula is C20H26N4O2. The minimum atomic E-state index is 0.261. The van der Waals surface area contributed by atoms with Crippen LogP contribution in [0.25, 0.3) is 0 Å². The van der Waals surface area contributed by atoms with E-state index in [1.807, 2.05) is 6.07 Å². The molecule has 1 saturated heterocycles. The van der Waals surface area contributed by atoms with E-state index in [4.69, 9.17) is 4.74 Å². The molecule has 2 atom stereocenters. The van der Waals surface area contributed by atoms with Crippen molar-refractivity contribution < 1.29 is 9.53 Å². The molecule has 3 heterocycles. The van der Waals surface area contributed by atoms with Gasteiger partial charge in [0.15, 0.2) is 5.82 Å². The molecule has 0 N–H and O–H groups in total. The molecule has 6 heteroatoms. The van der Waals surface area contributed by atoms with Crippen LogP contribution >= 0.6 is 0 Å². The quantitative estimate of drug-likeness (QED) is 0.799. The van der Waals surface area contributed by atoms with E-state index in [1.165, 1.54) is 5.56 Å². The molecule has 1 aromatic heterocycles. The third-order valence-electron chi connectivity index (χ3n) is 5.60. The Balaban J connectivity index is 1.40. The number of ether oxygens (including phenoxy) is 1. The minimum Gasteiger partial charge on any atom is -0.377 e. The second-order valence-corrected chi connectivity index (χ2v) is 7.31. The Morgan fingerprint density at radius 1 is 1.19 bits per heavy atom. The zero-order valence-corrected chi connectivity index (χ0v) is 15.3. The average molecular weight is 354 g/mol. The van der Waals surface area contributed by atoms with Crippen LogP contribution in [0.5, 0.6) is 0 Å². The van der Waals surface area contributed by atoms with E-state index in [0.29, 0.717) is 18.9 Å². The summed E-state index contributed by atoms with van der Waals surface area (Å²) in [5.41, 5.74) is 1.30. The van der Waals surface area contributed by atoms with Gasteiger partial charge in [0, 0.05) is 32.5 Å². The Morgan fingerprint density at radius 3 is 2.81 bits per heavy atom. The highest BCUT2D eigenvalue weighted by Gasteiger charge is 2.40. The van der Waals surface area contributed by atoms with Crippen LogP contribution in [0.1, 0.15) is 42.9 Å². The fourth-order valence-corrected chi connectivity index (χ4v) is 4.36. The summed E-state index contributed by atoms with van der Waals surface area (Å²) in [7, 11) is 1.67. The minimum absolute atomic E-state index is 0.261. The lowest BCUT2D eigenvalue weighted by molar-refractivity contribution is -0.134. The standard InChI is InChI=1S/C20H26N4O2/c1-26-14-19-22-21-18-12-16-10-11-17(13-23(18)19)24(16)20(25)9-5-8-15-6-3-2-4-7-15/h2-4,6-7,16-17H,5,8-14H2,1H3. The number of nitrogens with zero attached hydrogens (tertiary/aromatic N) is 4. The van der Waals surface area contributed by atoms with Crippen LogP contribution in [-0.4, -0.2) is 44.8 Å². The van der Waals surface area contributed by atoms with Crippen LogP contribution in [-0.2, 0) is 35.5 Å². The van der Waals surface area contributed by atoms with Crippen molar-refractivity contribution in [3.8, 4) is 0 Å². The maximum Gasteiger partial charge on any atom is 0.223 e. The molecule has 1 amide bonds. The van der Waals surface area contributed by atoms with Crippen LogP contribution in [0.2, 0.25) is 0 Å². The molecule has 0 radical (unpaired) electrons. The van der Waals surface area contributed by atoms with Crippen molar-refractivity contribution in [1.29, 1.82) is 0 Å². The SMILES string of the molecule is COCc1nnc2n1CC1CCC(C2)N1C(=O)CCCc1ccccc1. The molecule has 2 bridgehead atoms. The number of carbonyl (C=O) groups excluding carboxylic acids is 1. The Morgan fingerprint density at radius 2 is 2.00 bits per heavy atom. The van der Waals surface area contributed by atoms with Gasteiger partial charge >= 0.3 is 0 Å². The van der Waals surface area contributed by atoms with Gasteiger partial charge in [-0.05, 0) is 31.2 Å².